The predicted molar refractivity (Wildman–Crippen MR) is 139 cm³/mol. The molecule has 3 aromatic carbocycles. The van der Waals surface area contributed by atoms with E-state index >= 15 is 0 Å². The highest BCUT2D eigenvalue weighted by molar-refractivity contribution is 6.25. The lowest BCUT2D eigenvalue weighted by molar-refractivity contribution is -0.124. The number of carbonyl (C=O) groups is 3. The van der Waals surface area contributed by atoms with Gasteiger partial charge >= 0.3 is 0 Å². The van der Waals surface area contributed by atoms with Crippen LogP contribution in [0.3, 0.4) is 0 Å². The number of anilines is 1. The first-order valence-corrected chi connectivity index (χ1v) is 12.2. The monoisotopic (exact) mass is 511 g/mol. The molecule has 6 rings (SSSR count). The lowest BCUT2D eigenvalue weighted by Crippen LogP contribution is -2.44. The van der Waals surface area contributed by atoms with Gasteiger partial charge in [0.05, 0.1) is 51.1 Å². The minimum Gasteiger partial charge on any atom is -0.497 e. The van der Waals surface area contributed by atoms with Gasteiger partial charge in [0.2, 0.25) is 11.8 Å². The number of rotatable bonds is 6. The number of fused-ring (bicyclic) bond motifs is 5. The maximum Gasteiger partial charge on any atom is 0.240 e. The molecule has 4 atom stereocenters. The van der Waals surface area contributed by atoms with E-state index in [2.05, 4.69) is 5.10 Å². The molecule has 2 saturated heterocycles. The van der Waals surface area contributed by atoms with Crippen LogP contribution in [0.5, 0.6) is 17.2 Å². The molecule has 38 heavy (non-hydrogen) atoms. The van der Waals surface area contributed by atoms with E-state index in [-0.39, 0.29) is 11.5 Å². The van der Waals surface area contributed by atoms with Crippen LogP contribution in [0.25, 0.3) is 0 Å². The van der Waals surface area contributed by atoms with Crippen LogP contribution in [0.1, 0.15) is 27.5 Å². The minimum absolute atomic E-state index is 0.283. The first-order valence-electron chi connectivity index (χ1n) is 12.2. The highest BCUT2D eigenvalue weighted by Gasteiger charge is 2.65. The molecular formula is C29H25N3O6. The maximum atomic E-state index is 14.1. The highest BCUT2D eigenvalue weighted by atomic mass is 16.5. The Bertz CT molecular complexity index is 1480. The van der Waals surface area contributed by atoms with E-state index in [1.807, 2.05) is 24.3 Å². The van der Waals surface area contributed by atoms with Crippen LogP contribution in [0.15, 0.2) is 71.8 Å². The van der Waals surface area contributed by atoms with Gasteiger partial charge < -0.3 is 14.2 Å². The molecule has 0 saturated carbocycles. The van der Waals surface area contributed by atoms with Gasteiger partial charge in [0.1, 0.15) is 23.3 Å². The van der Waals surface area contributed by atoms with Crippen LogP contribution < -0.4 is 19.1 Å². The molecule has 2 fully saturated rings. The zero-order valence-corrected chi connectivity index (χ0v) is 21.0. The van der Waals surface area contributed by atoms with Crippen LogP contribution in [0, 0.1) is 11.8 Å². The molecule has 192 valence electrons. The molecule has 3 aliphatic heterocycles. The lowest BCUT2D eigenvalue weighted by Gasteiger charge is -2.34. The third kappa shape index (κ3) is 3.38. The zero-order valence-electron chi connectivity index (χ0n) is 21.0. The number of amides is 2. The second-order valence-electron chi connectivity index (χ2n) is 9.34. The van der Waals surface area contributed by atoms with Gasteiger partial charge in [-0.3, -0.25) is 19.4 Å². The minimum atomic E-state index is -0.971. The second kappa shape index (κ2) is 9.02. The molecule has 0 radical (unpaired) electrons. The van der Waals surface area contributed by atoms with E-state index in [0.717, 1.165) is 16.0 Å². The van der Waals surface area contributed by atoms with E-state index < -0.39 is 35.7 Å². The SMILES string of the molecule is COc1ccc(C(=O)[C@@H]2[C@@H]3C(=O)N(c4cc(OC)ccc4OC)C(=O)[C@@H]3[C@@H]3c4ccccc4C=NN23)cc1. The van der Waals surface area contributed by atoms with E-state index in [9.17, 15) is 14.4 Å². The highest BCUT2D eigenvalue weighted by Crippen LogP contribution is 2.54. The van der Waals surface area contributed by atoms with Crippen molar-refractivity contribution in [1.82, 2.24) is 5.01 Å². The summed E-state index contributed by atoms with van der Waals surface area (Å²) in [6, 6.07) is 17.7. The van der Waals surface area contributed by atoms with Crippen molar-refractivity contribution in [2.45, 2.75) is 12.1 Å². The Morgan fingerprint density at radius 3 is 2.21 bits per heavy atom. The van der Waals surface area contributed by atoms with Gasteiger partial charge in [0.25, 0.3) is 0 Å². The largest absolute Gasteiger partial charge is 0.497 e. The number of imide groups is 1. The van der Waals surface area contributed by atoms with Gasteiger partial charge in [0, 0.05) is 11.6 Å². The van der Waals surface area contributed by atoms with Gasteiger partial charge in [-0.15, -0.1) is 0 Å². The fraction of sp³-hybridized carbons (Fsp3) is 0.241. The second-order valence-corrected chi connectivity index (χ2v) is 9.34. The van der Waals surface area contributed by atoms with Crippen molar-refractivity contribution in [1.29, 1.82) is 0 Å². The summed E-state index contributed by atoms with van der Waals surface area (Å²) in [7, 11) is 4.53. The van der Waals surface area contributed by atoms with E-state index in [4.69, 9.17) is 14.2 Å². The molecule has 3 aliphatic rings. The smallest absolute Gasteiger partial charge is 0.240 e. The number of benzene rings is 3. The summed E-state index contributed by atoms with van der Waals surface area (Å²) in [5, 5.41) is 6.24. The maximum absolute atomic E-state index is 14.1. The quantitative estimate of drug-likeness (QED) is 0.369. The van der Waals surface area contributed by atoms with Gasteiger partial charge in [-0.05, 0) is 47.5 Å². The third-order valence-electron chi connectivity index (χ3n) is 7.56. The number of hydrazone groups is 1. The third-order valence-corrected chi connectivity index (χ3v) is 7.56. The van der Waals surface area contributed by atoms with Crippen LogP contribution in [0.2, 0.25) is 0 Å². The molecule has 9 heteroatoms. The number of Topliss-reactive ketones (excluding diaryl/α,β-unsaturated/α-hetero) is 1. The normalized spacial score (nSPS) is 23.1. The summed E-state index contributed by atoms with van der Waals surface area (Å²) in [4.78, 5) is 43.4. The van der Waals surface area contributed by atoms with Crippen molar-refractivity contribution in [3.8, 4) is 17.2 Å². The summed E-state index contributed by atoms with van der Waals surface area (Å²) in [6.45, 7) is 0. The molecule has 9 nitrogen and oxygen atoms in total. The molecule has 3 heterocycles. The zero-order chi connectivity index (χ0) is 26.6. The fourth-order valence-corrected chi connectivity index (χ4v) is 5.80. The number of ether oxygens (including phenoxy) is 3. The molecule has 0 spiro atoms. The Kier molecular flexibility index (Phi) is 5.63. The molecule has 0 aliphatic carbocycles. The number of ketones is 1. The van der Waals surface area contributed by atoms with Gasteiger partial charge in [-0.25, -0.2) is 4.90 Å². The van der Waals surface area contributed by atoms with Crippen LogP contribution in [-0.2, 0) is 9.59 Å². The number of hydrogen-bond donors (Lipinski definition) is 0. The standard InChI is InChI=1S/C29H25N3O6/c1-36-18-10-8-16(9-11-18)27(33)26-24-23(25-20-7-5-4-6-17(20)15-30-32(25)26)28(34)31(29(24)35)21-14-19(37-2)12-13-22(21)38-3/h4-15,23-26H,1-3H3/t23-,24+,25-,26-/m0/s1. The van der Waals surface area contributed by atoms with Crippen LogP contribution >= 0.6 is 0 Å². The topological polar surface area (TPSA) is 97.7 Å². The van der Waals surface area contributed by atoms with E-state index in [1.165, 1.54) is 14.2 Å². The van der Waals surface area contributed by atoms with E-state index in [0.29, 0.717) is 22.8 Å². The van der Waals surface area contributed by atoms with Crippen molar-refractivity contribution in [3.63, 3.8) is 0 Å². The van der Waals surface area contributed by atoms with Crippen molar-refractivity contribution < 1.29 is 28.6 Å². The number of nitrogens with zero attached hydrogens (tertiary/aromatic N) is 3. The summed E-state index contributed by atoms with van der Waals surface area (Å²) in [6.07, 6.45) is 1.68. The molecule has 0 unspecified atom stereocenters. The Morgan fingerprint density at radius 1 is 0.816 bits per heavy atom. The summed E-state index contributed by atoms with van der Waals surface area (Å²) in [5.41, 5.74) is 2.39. The molecule has 3 aromatic rings. The molecule has 2 amide bonds. The van der Waals surface area contributed by atoms with Gasteiger partial charge in [-0.1, -0.05) is 24.3 Å². The van der Waals surface area contributed by atoms with Crippen molar-refractivity contribution in [2.75, 3.05) is 26.2 Å². The average Bonchev–Trinajstić information content (AvgIpc) is 3.44. The number of methoxy groups -OCH3 is 3. The Morgan fingerprint density at radius 2 is 1.50 bits per heavy atom. The first kappa shape index (κ1) is 23.7. The predicted octanol–water partition coefficient (Wildman–Crippen LogP) is 3.47. The van der Waals surface area contributed by atoms with Gasteiger partial charge in [0.15, 0.2) is 5.78 Å². The molecular weight excluding hydrogens is 486 g/mol. The van der Waals surface area contributed by atoms with Crippen molar-refractivity contribution in [3.05, 3.63) is 83.4 Å². The Labute approximate surface area is 219 Å². The first-order chi connectivity index (χ1) is 18.5. The van der Waals surface area contributed by atoms with Gasteiger partial charge in [-0.2, -0.15) is 5.10 Å². The summed E-state index contributed by atoms with van der Waals surface area (Å²) in [5.74, 6) is -1.49. The lowest BCUT2D eigenvalue weighted by atomic mass is 9.83. The average molecular weight is 512 g/mol. The number of hydrogen-bond acceptors (Lipinski definition) is 8. The number of carbonyl (C=O) groups excluding carboxylic acids is 3. The molecule has 0 aromatic heterocycles. The van der Waals surface area contributed by atoms with Crippen molar-refractivity contribution in [2.24, 2.45) is 16.9 Å². The molecule has 0 bridgehead atoms. The van der Waals surface area contributed by atoms with Crippen LogP contribution in [-0.4, -0.2) is 56.2 Å². The van der Waals surface area contributed by atoms with E-state index in [1.54, 1.807) is 60.8 Å². The summed E-state index contributed by atoms with van der Waals surface area (Å²) < 4.78 is 16.1. The fourth-order valence-electron chi connectivity index (χ4n) is 5.80. The molecule has 0 N–H and O–H groups in total. The Balaban J connectivity index is 1.49. The Hall–Kier alpha value is -4.66. The van der Waals surface area contributed by atoms with Crippen molar-refractivity contribution >= 4 is 29.5 Å². The van der Waals surface area contributed by atoms with Crippen LogP contribution in [0.4, 0.5) is 5.69 Å². The summed E-state index contributed by atoms with van der Waals surface area (Å²) >= 11 is 0.